The summed E-state index contributed by atoms with van der Waals surface area (Å²) in [5.74, 6) is 0. The maximum atomic E-state index is 11.6. The van der Waals surface area contributed by atoms with Crippen molar-refractivity contribution in [3.63, 3.8) is 0 Å². The van der Waals surface area contributed by atoms with Gasteiger partial charge in [-0.3, -0.25) is 9.36 Å². The van der Waals surface area contributed by atoms with Crippen LogP contribution >= 0.6 is 0 Å². The fraction of sp³-hybridized carbons (Fsp3) is 0.286. The zero-order valence-corrected chi connectivity index (χ0v) is 10.6. The van der Waals surface area contributed by atoms with Crippen LogP contribution in [0.15, 0.2) is 41.6 Å². The van der Waals surface area contributed by atoms with Gasteiger partial charge in [0.1, 0.15) is 0 Å². The second-order valence-electron chi connectivity index (χ2n) is 4.54. The number of hydrogen-bond donors (Lipinski definition) is 1. The SMILES string of the molecule is Cc1ccc(C(N)Cn2cnccc2=O)c(C)c1. The van der Waals surface area contributed by atoms with Crippen LogP contribution in [0, 0.1) is 13.8 Å². The second kappa shape index (κ2) is 5.14. The van der Waals surface area contributed by atoms with E-state index >= 15 is 0 Å². The van der Waals surface area contributed by atoms with Gasteiger partial charge in [0.2, 0.25) is 0 Å². The molecule has 94 valence electrons. The van der Waals surface area contributed by atoms with Crippen molar-refractivity contribution >= 4 is 0 Å². The van der Waals surface area contributed by atoms with E-state index in [9.17, 15) is 4.79 Å². The summed E-state index contributed by atoms with van der Waals surface area (Å²) in [6.45, 7) is 4.53. The molecule has 0 aliphatic heterocycles. The molecule has 4 nitrogen and oxygen atoms in total. The topological polar surface area (TPSA) is 60.9 Å². The smallest absolute Gasteiger partial charge is 0.253 e. The Morgan fingerprint density at radius 2 is 2.11 bits per heavy atom. The van der Waals surface area contributed by atoms with Gasteiger partial charge in [-0.25, -0.2) is 4.98 Å². The molecule has 0 spiro atoms. The minimum absolute atomic E-state index is 0.0785. The molecule has 0 aliphatic rings. The van der Waals surface area contributed by atoms with Crippen LogP contribution < -0.4 is 11.3 Å². The fourth-order valence-electron chi connectivity index (χ4n) is 2.07. The van der Waals surface area contributed by atoms with E-state index in [-0.39, 0.29) is 11.6 Å². The van der Waals surface area contributed by atoms with Crippen LogP contribution in [0.5, 0.6) is 0 Å². The third kappa shape index (κ3) is 2.65. The van der Waals surface area contributed by atoms with Crippen molar-refractivity contribution < 1.29 is 0 Å². The summed E-state index contributed by atoms with van der Waals surface area (Å²) in [4.78, 5) is 15.5. The number of nitrogens with two attached hydrogens (primary N) is 1. The van der Waals surface area contributed by atoms with E-state index in [0.29, 0.717) is 6.54 Å². The first-order valence-corrected chi connectivity index (χ1v) is 5.91. The number of aromatic nitrogens is 2. The van der Waals surface area contributed by atoms with Crippen LogP contribution in [-0.2, 0) is 6.54 Å². The van der Waals surface area contributed by atoms with Gasteiger partial charge in [-0.05, 0) is 25.0 Å². The molecule has 2 aromatic rings. The predicted octanol–water partition coefficient (Wildman–Crippen LogP) is 1.56. The molecule has 4 heteroatoms. The summed E-state index contributed by atoms with van der Waals surface area (Å²) in [5, 5.41) is 0. The van der Waals surface area contributed by atoms with E-state index < -0.39 is 0 Å². The van der Waals surface area contributed by atoms with Crippen LogP contribution in [-0.4, -0.2) is 9.55 Å². The average Bonchev–Trinajstić information content (AvgIpc) is 2.32. The van der Waals surface area contributed by atoms with Crippen LogP contribution in [0.3, 0.4) is 0 Å². The largest absolute Gasteiger partial charge is 0.322 e. The second-order valence-corrected chi connectivity index (χ2v) is 4.54. The lowest BCUT2D eigenvalue weighted by molar-refractivity contribution is 0.552. The molecule has 1 aromatic carbocycles. The highest BCUT2D eigenvalue weighted by molar-refractivity contribution is 5.32. The zero-order valence-electron chi connectivity index (χ0n) is 10.6. The predicted molar refractivity (Wildman–Crippen MR) is 71.3 cm³/mol. The van der Waals surface area contributed by atoms with Gasteiger partial charge in [-0.15, -0.1) is 0 Å². The number of aryl methyl sites for hydroxylation is 2. The number of nitrogens with zero attached hydrogens (tertiary/aromatic N) is 2. The van der Waals surface area contributed by atoms with Crippen molar-refractivity contribution in [2.24, 2.45) is 5.73 Å². The maximum Gasteiger partial charge on any atom is 0.253 e. The molecular weight excluding hydrogens is 226 g/mol. The van der Waals surface area contributed by atoms with Crippen molar-refractivity contribution in [3.05, 3.63) is 63.8 Å². The van der Waals surface area contributed by atoms with Crippen LogP contribution in [0.2, 0.25) is 0 Å². The highest BCUT2D eigenvalue weighted by Gasteiger charge is 2.10. The van der Waals surface area contributed by atoms with E-state index in [4.69, 9.17) is 5.73 Å². The molecule has 0 aliphatic carbocycles. The van der Waals surface area contributed by atoms with Gasteiger partial charge in [0.15, 0.2) is 0 Å². The number of rotatable bonds is 3. The van der Waals surface area contributed by atoms with Gasteiger partial charge >= 0.3 is 0 Å². The van der Waals surface area contributed by atoms with Gasteiger partial charge in [-0.2, -0.15) is 0 Å². The molecule has 2 N–H and O–H groups in total. The molecule has 0 bridgehead atoms. The highest BCUT2D eigenvalue weighted by atomic mass is 16.1. The van der Waals surface area contributed by atoms with Gasteiger partial charge in [-0.1, -0.05) is 23.8 Å². The van der Waals surface area contributed by atoms with Crippen LogP contribution in [0.1, 0.15) is 22.7 Å². The van der Waals surface area contributed by atoms with Crippen molar-refractivity contribution in [2.75, 3.05) is 0 Å². The molecule has 18 heavy (non-hydrogen) atoms. The summed E-state index contributed by atoms with van der Waals surface area (Å²) in [6, 6.07) is 7.40. The van der Waals surface area contributed by atoms with E-state index in [1.54, 1.807) is 0 Å². The Hall–Kier alpha value is -1.94. The summed E-state index contributed by atoms with van der Waals surface area (Å²) >= 11 is 0. The molecule has 0 fully saturated rings. The van der Waals surface area contributed by atoms with Crippen molar-refractivity contribution in [1.82, 2.24) is 9.55 Å². The number of hydrogen-bond acceptors (Lipinski definition) is 3. The van der Waals surface area contributed by atoms with Gasteiger partial charge in [0.05, 0.1) is 6.33 Å². The zero-order chi connectivity index (χ0) is 13.1. The standard InChI is InChI=1S/C14H17N3O/c1-10-3-4-12(11(2)7-10)13(15)8-17-9-16-6-5-14(17)18/h3-7,9,13H,8,15H2,1-2H3. The Kier molecular flexibility index (Phi) is 3.58. The first-order valence-electron chi connectivity index (χ1n) is 5.91. The van der Waals surface area contributed by atoms with Crippen molar-refractivity contribution in [3.8, 4) is 0 Å². The van der Waals surface area contributed by atoms with Gasteiger partial charge in [0.25, 0.3) is 5.56 Å². The Balaban J connectivity index is 2.25. The molecule has 1 atom stereocenters. The Bertz CT molecular complexity index is 604. The molecular formula is C14H17N3O. The summed E-state index contributed by atoms with van der Waals surface area (Å²) in [6.07, 6.45) is 3.01. The van der Waals surface area contributed by atoms with Crippen molar-refractivity contribution in [1.29, 1.82) is 0 Å². The Morgan fingerprint density at radius 1 is 1.33 bits per heavy atom. The quantitative estimate of drug-likeness (QED) is 0.890. The molecule has 1 aromatic heterocycles. The van der Waals surface area contributed by atoms with Crippen LogP contribution in [0.25, 0.3) is 0 Å². The maximum absolute atomic E-state index is 11.6. The lowest BCUT2D eigenvalue weighted by atomic mass is 10.00. The monoisotopic (exact) mass is 243 g/mol. The van der Waals surface area contributed by atoms with E-state index in [1.165, 1.54) is 28.7 Å². The summed E-state index contributed by atoms with van der Waals surface area (Å²) in [5.41, 5.74) is 9.51. The molecule has 0 amide bonds. The minimum Gasteiger partial charge on any atom is -0.322 e. The number of benzene rings is 1. The highest BCUT2D eigenvalue weighted by Crippen LogP contribution is 2.18. The first-order chi connectivity index (χ1) is 8.58. The third-order valence-electron chi connectivity index (χ3n) is 3.01. The Labute approximate surface area is 106 Å². The average molecular weight is 243 g/mol. The normalized spacial score (nSPS) is 12.4. The Morgan fingerprint density at radius 3 is 2.78 bits per heavy atom. The summed E-state index contributed by atoms with van der Waals surface area (Å²) < 4.78 is 1.53. The lowest BCUT2D eigenvalue weighted by Crippen LogP contribution is -2.26. The van der Waals surface area contributed by atoms with E-state index in [0.717, 1.165) is 11.1 Å². The molecule has 1 heterocycles. The molecule has 2 rings (SSSR count). The van der Waals surface area contributed by atoms with Crippen molar-refractivity contribution in [2.45, 2.75) is 26.4 Å². The van der Waals surface area contributed by atoms with Crippen LogP contribution in [0.4, 0.5) is 0 Å². The molecule has 0 radical (unpaired) electrons. The van der Waals surface area contributed by atoms with Gasteiger partial charge in [0, 0.05) is 24.8 Å². The lowest BCUT2D eigenvalue weighted by Gasteiger charge is -2.16. The van der Waals surface area contributed by atoms with E-state index in [1.807, 2.05) is 26.0 Å². The summed E-state index contributed by atoms with van der Waals surface area (Å²) in [7, 11) is 0. The minimum atomic E-state index is -0.201. The van der Waals surface area contributed by atoms with Gasteiger partial charge < -0.3 is 5.73 Å². The van der Waals surface area contributed by atoms with E-state index in [2.05, 4.69) is 11.1 Å². The first kappa shape index (κ1) is 12.5. The fourth-order valence-corrected chi connectivity index (χ4v) is 2.07. The third-order valence-corrected chi connectivity index (χ3v) is 3.01. The molecule has 0 saturated heterocycles. The molecule has 0 saturated carbocycles. The molecule has 1 unspecified atom stereocenters.